The van der Waals surface area contributed by atoms with Crippen LogP contribution in [0.4, 0.5) is 10.5 Å². The van der Waals surface area contributed by atoms with Gasteiger partial charge >= 0.3 is 6.03 Å². The number of para-hydroxylation sites is 1. The van der Waals surface area contributed by atoms with Gasteiger partial charge in [-0.1, -0.05) is 48.2 Å². The maximum atomic E-state index is 12.5. The van der Waals surface area contributed by atoms with Gasteiger partial charge in [-0.3, -0.25) is 5.21 Å². The molecule has 0 aliphatic carbocycles. The minimum atomic E-state index is -0.736. The lowest BCUT2D eigenvalue weighted by Crippen LogP contribution is -2.54. The number of thiophene rings is 1. The fourth-order valence-electron chi connectivity index (χ4n) is 2.52. The van der Waals surface area contributed by atoms with Gasteiger partial charge in [0.2, 0.25) is 0 Å². The SMILES string of the molecule is CC1(C)SC(=S)N(/N=C\c2cccs2)[C@@H]1N(O)C(=O)Nc1ccccc1. The van der Waals surface area contributed by atoms with Crippen molar-refractivity contribution in [2.24, 2.45) is 5.10 Å². The van der Waals surface area contributed by atoms with E-state index in [0.29, 0.717) is 15.1 Å². The average Bonchev–Trinajstić information content (AvgIpc) is 3.18. The Bertz CT molecular complexity index is 809. The summed E-state index contributed by atoms with van der Waals surface area (Å²) in [7, 11) is 0. The predicted molar refractivity (Wildman–Crippen MR) is 111 cm³/mol. The first-order valence-electron chi connectivity index (χ1n) is 7.82. The van der Waals surface area contributed by atoms with Crippen molar-refractivity contribution in [2.75, 3.05) is 5.32 Å². The number of carbonyl (C=O) groups is 1. The Hall–Kier alpha value is -1.94. The number of hydrogen-bond acceptors (Lipinski definition) is 6. The van der Waals surface area contributed by atoms with Crippen LogP contribution in [0.1, 0.15) is 18.7 Å². The molecule has 0 unspecified atom stereocenters. The Morgan fingerprint density at radius 1 is 1.35 bits per heavy atom. The summed E-state index contributed by atoms with van der Waals surface area (Å²) >= 11 is 8.34. The van der Waals surface area contributed by atoms with Gasteiger partial charge in [0.1, 0.15) is 0 Å². The molecule has 1 aromatic carbocycles. The number of amides is 2. The minimum absolute atomic E-state index is 0.499. The zero-order valence-electron chi connectivity index (χ0n) is 14.2. The molecule has 0 radical (unpaired) electrons. The lowest BCUT2D eigenvalue weighted by atomic mass is 10.1. The molecule has 2 aromatic rings. The van der Waals surface area contributed by atoms with Gasteiger partial charge < -0.3 is 5.32 Å². The molecule has 1 fully saturated rings. The lowest BCUT2D eigenvalue weighted by molar-refractivity contribution is -0.114. The summed E-state index contributed by atoms with van der Waals surface area (Å²) in [6, 6.07) is 12.2. The van der Waals surface area contributed by atoms with E-state index >= 15 is 0 Å². The van der Waals surface area contributed by atoms with Crippen molar-refractivity contribution in [2.45, 2.75) is 24.8 Å². The minimum Gasteiger partial charge on any atom is -0.306 e. The number of hydroxylamine groups is 2. The topological polar surface area (TPSA) is 68.2 Å². The van der Waals surface area contributed by atoms with E-state index < -0.39 is 16.9 Å². The zero-order valence-corrected chi connectivity index (χ0v) is 16.6. The van der Waals surface area contributed by atoms with Gasteiger partial charge in [-0.2, -0.15) is 10.2 Å². The molecular formula is C17H18N4O2S3. The van der Waals surface area contributed by atoms with Gasteiger partial charge in [0.05, 0.1) is 11.0 Å². The Labute approximate surface area is 165 Å². The highest BCUT2D eigenvalue weighted by Gasteiger charge is 2.50. The molecular weight excluding hydrogens is 388 g/mol. The molecule has 1 aliphatic rings. The number of nitrogens with one attached hydrogen (secondary N) is 1. The van der Waals surface area contributed by atoms with Gasteiger partial charge in [-0.15, -0.1) is 11.3 Å². The number of carbonyl (C=O) groups excluding carboxylic acids is 1. The summed E-state index contributed by atoms with van der Waals surface area (Å²) in [5, 5.41) is 21.8. The fourth-order valence-corrected chi connectivity index (χ4v) is 4.89. The third kappa shape index (κ3) is 4.07. The summed E-state index contributed by atoms with van der Waals surface area (Å²) in [6.45, 7) is 3.82. The molecule has 1 saturated heterocycles. The molecule has 2 heterocycles. The second-order valence-electron chi connectivity index (χ2n) is 6.09. The summed E-state index contributed by atoms with van der Waals surface area (Å²) in [5.74, 6) is 0. The first kappa shape index (κ1) is 18.8. The molecule has 26 heavy (non-hydrogen) atoms. The highest BCUT2D eigenvalue weighted by atomic mass is 32.2. The van der Waals surface area contributed by atoms with Crippen molar-refractivity contribution < 1.29 is 10.0 Å². The van der Waals surface area contributed by atoms with Gasteiger partial charge in [0.15, 0.2) is 10.5 Å². The van der Waals surface area contributed by atoms with E-state index in [2.05, 4.69) is 10.4 Å². The van der Waals surface area contributed by atoms with Gasteiger partial charge in [-0.05, 0) is 37.4 Å². The fraction of sp³-hybridized carbons (Fsp3) is 0.235. The molecule has 9 heteroatoms. The largest absolute Gasteiger partial charge is 0.347 e. The Morgan fingerprint density at radius 3 is 2.73 bits per heavy atom. The third-order valence-corrected chi connectivity index (χ3v) is 6.05. The lowest BCUT2D eigenvalue weighted by Gasteiger charge is -2.34. The highest BCUT2D eigenvalue weighted by molar-refractivity contribution is 8.24. The number of urea groups is 1. The van der Waals surface area contributed by atoms with E-state index in [-0.39, 0.29) is 0 Å². The van der Waals surface area contributed by atoms with Crippen LogP contribution in [-0.4, -0.2) is 42.8 Å². The first-order chi connectivity index (χ1) is 12.4. The second kappa shape index (κ2) is 7.75. The normalized spacial score (nSPS) is 19.1. The summed E-state index contributed by atoms with van der Waals surface area (Å²) in [6.07, 6.45) is 0.939. The van der Waals surface area contributed by atoms with Crippen molar-refractivity contribution in [1.29, 1.82) is 0 Å². The van der Waals surface area contributed by atoms with Gasteiger partial charge in [0, 0.05) is 10.6 Å². The maximum absolute atomic E-state index is 12.5. The molecule has 2 N–H and O–H groups in total. The number of anilines is 1. The van der Waals surface area contributed by atoms with Crippen molar-refractivity contribution in [3.63, 3.8) is 0 Å². The summed E-state index contributed by atoms with van der Waals surface area (Å²) < 4.78 is -0.0357. The Balaban J connectivity index is 1.81. The number of rotatable bonds is 4. The highest BCUT2D eigenvalue weighted by Crippen LogP contribution is 2.42. The number of benzene rings is 1. The molecule has 0 bridgehead atoms. The van der Waals surface area contributed by atoms with Crippen LogP contribution in [0.15, 0.2) is 52.9 Å². The Kier molecular flexibility index (Phi) is 5.61. The van der Waals surface area contributed by atoms with Crippen LogP contribution in [0.3, 0.4) is 0 Å². The molecule has 1 atom stereocenters. The smallest absolute Gasteiger partial charge is 0.306 e. The van der Waals surface area contributed by atoms with Crippen molar-refractivity contribution in [3.05, 3.63) is 52.7 Å². The standard InChI is InChI=1S/C17H18N4O2S3/c1-17(2)14(21(23)15(22)19-12-7-4-3-5-8-12)20(16(24)26-17)18-11-13-9-6-10-25-13/h3-11,14,23H,1-2H3,(H,19,22)/b18-11-/t14-/m1/s1. The molecule has 6 nitrogen and oxygen atoms in total. The van der Waals surface area contributed by atoms with E-state index in [1.807, 2.05) is 37.4 Å². The zero-order chi connectivity index (χ0) is 18.7. The number of hydrazone groups is 1. The van der Waals surface area contributed by atoms with Crippen LogP contribution < -0.4 is 5.32 Å². The number of nitrogens with zero attached hydrogens (tertiary/aromatic N) is 3. The Morgan fingerprint density at radius 2 is 2.08 bits per heavy atom. The molecule has 3 rings (SSSR count). The monoisotopic (exact) mass is 406 g/mol. The van der Waals surface area contributed by atoms with E-state index in [1.165, 1.54) is 16.8 Å². The van der Waals surface area contributed by atoms with Crippen LogP contribution in [0.25, 0.3) is 0 Å². The van der Waals surface area contributed by atoms with Crippen molar-refractivity contribution in [1.82, 2.24) is 10.1 Å². The number of thiocarbonyl (C=S) groups is 1. The van der Waals surface area contributed by atoms with Gasteiger partial charge in [-0.25, -0.2) is 9.80 Å². The van der Waals surface area contributed by atoms with E-state index in [1.54, 1.807) is 41.8 Å². The molecule has 2 amide bonds. The predicted octanol–water partition coefficient (Wildman–Crippen LogP) is 4.44. The second-order valence-corrected chi connectivity index (χ2v) is 9.36. The van der Waals surface area contributed by atoms with Crippen LogP contribution in [-0.2, 0) is 0 Å². The number of hydrogen-bond donors (Lipinski definition) is 2. The molecule has 1 aliphatic heterocycles. The third-order valence-electron chi connectivity index (χ3n) is 3.71. The molecule has 1 aromatic heterocycles. The average molecular weight is 407 g/mol. The van der Waals surface area contributed by atoms with Crippen molar-refractivity contribution in [3.8, 4) is 0 Å². The quantitative estimate of drug-likeness (QED) is 0.340. The molecule has 136 valence electrons. The number of thioether (sulfide) groups is 1. The molecule has 0 saturated carbocycles. The first-order valence-corrected chi connectivity index (χ1v) is 9.93. The van der Waals surface area contributed by atoms with Crippen LogP contribution in [0.2, 0.25) is 0 Å². The van der Waals surface area contributed by atoms with Gasteiger partial charge in [0.25, 0.3) is 0 Å². The maximum Gasteiger partial charge on any atom is 0.347 e. The summed E-state index contributed by atoms with van der Waals surface area (Å²) in [4.78, 5) is 13.5. The van der Waals surface area contributed by atoms with E-state index in [9.17, 15) is 10.0 Å². The molecule has 0 spiro atoms. The van der Waals surface area contributed by atoms with Crippen LogP contribution in [0, 0.1) is 0 Å². The van der Waals surface area contributed by atoms with Crippen LogP contribution in [0.5, 0.6) is 0 Å². The van der Waals surface area contributed by atoms with Crippen molar-refractivity contribution >= 4 is 57.6 Å². The van der Waals surface area contributed by atoms with Crippen LogP contribution >= 0.6 is 35.3 Å². The van der Waals surface area contributed by atoms with E-state index in [4.69, 9.17) is 12.2 Å². The summed E-state index contributed by atoms with van der Waals surface area (Å²) in [5.41, 5.74) is 0.594. The van der Waals surface area contributed by atoms with E-state index in [0.717, 1.165) is 4.88 Å².